The lowest BCUT2D eigenvalue weighted by Gasteiger charge is -2.26. The summed E-state index contributed by atoms with van der Waals surface area (Å²) in [6, 6.07) is 14.0. The molecule has 2 amide bonds. The van der Waals surface area contributed by atoms with E-state index in [9.17, 15) is 22.8 Å². The van der Waals surface area contributed by atoms with Crippen molar-refractivity contribution in [2.75, 3.05) is 51.8 Å². The lowest BCUT2D eigenvalue weighted by Crippen LogP contribution is -2.35. The van der Waals surface area contributed by atoms with Gasteiger partial charge < -0.3 is 15.4 Å². The summed E-state index contributed by atoms with van der Waals surface area (Å²) < 4.78 is 42.0. The maximum Gasteiger partial charge on any atom is 0.405 e. The normalized spacial score (nSPS) is 14.7. The topological polar surface area (TPSA) is 73.9 Å². The van der Waals surface area contributed by atoms with Crippen LogP contribution in [0.5, 0.6) is 0 Å². The Bertz CT molecular complexity index is 943. The molecule has 3 rings (SSSR count). The Kier molecular flexibility index (Phi) is 9.03. The molecule has 0 saturated carbocycles. The highest BCUT2D eigenvalue weighted by molar-refractivity contribution is 5.94. The predicted molar refractivity (Wildman–Crippen MR) is 122 cm³/mol. The van der Waals surface area contributed by atoms with Crippen LogP contribution < -0.4 is 10.6 Å². The Balaban J connectivity index is 1.42. The lowest BCUT2D eigenvalue weighted by atomic mass is 10.1. The molecule has 2 aromatic rings. The van der Waals surface area contributed by atoms with E-state index < -0.39 is 18.6 Å². The fraction of sp³-hybridized carbons (Fsp3) is 0.417. The van der Waals surface area contributed by atoms with Gasteiger partial charge in [-0.2, -0.15) is 13.2 Å². The molecule has 0 spiro atoms. The van der Waals surface area contributed by atoms with Crippen molar-refractivity contribution in [3.8, 4) is 0 Å². The van der Waals surface area contributed by atoms with Crippen LogP contribution >= 0.6 is 0 Å². The van der Waals surface area contributed by atoms with Crippen LogP contribution in [0.1, 0.15) is 21.5 Å². The van der Waals surface area contributed by atoms with Gasteiger partial charge in [-0.05, 0) is 42.4 Å². The number of carbonyl (C=O) groups is 2. The molecule has 1 aliphatic heterocycles. The third-order valence-electron chi connectivity index (χ3n) is 5.28. The van der Waals surface area contributed by atoms with Crippen LogP contribution in [0, 0.1) is 0 Å². The molecule has 0 aliphatic carbocycles. The number of nitrogens with zero attached hydrogens (tertiary/aromatic N) is 2. The number of carbonyl (C=O) groups excluding carboxylic acids is 2. The van der Waals surface area contributed by atoms with Crippen LogP contribution in [0.25, 0.3) is 0 Å². The molecule has 34 heavy (non-hydrogen) atoms. The Hall–Kier alpha value is -2.95. The maximum atomic E-state index is 12.4. The largest absolute Gasteiger partial charge is 0.405 e. The standard InChI is InChI=1S/C24H29F3N4O3/c1-30(14-18-2-6-20(7-3-18)23(33)28-17-24(25,26)27)16-22(32)29-21-8-4-19(5-9-21)15-31-10-12-34-13-11-31/h2-9H,10-17H2,1H3,(H,28,33)(H,29,32). The van der Waals surface area contributed by atoms with Crippen LogP contribution in [0.3, 0.4) is 0 Å². The van der Waals surface area contributed by atoms with E-state index in [0.29, 0.717) is 6.54 Å². The molecule has 10 heteroatoms. The van der Waals surface area contributed by atoms with Crippen molar-refractivity contribution in [3.05, 3.63) is 65.2 Å². The molecular weight excluding hydrogens is 449 g/mol. The average molecular weight is 479 g/mol. The fourth-order valence-electron chi connectivity index (χ4n) is 3.57. The van der Waals surface area contributed by atoms with Crippen molar-refractivity contribution in [2.45, 2.75) is 19.3 Å². The number of ether oxygens (including phenoxy) is 1. The van der Waals surface area contributed by atoms with Gasteiger partial charge in [0.2, 0.25) is 5.91 Å². The first-order chi connectivity index (χ1) is 16.2. The van der Waals surface area contributed by atoms with Gasteiger partial charge in [-0.25, -0.2) is 0 Å². The Morgan fingerprint density at radius 2 is 1.62 bits per heavy atom. The Morgan fingerprint density at radius 3 is 2.24 bits per heavy atom. The zero-order chi connectivity index (χ0) is 24.6. The highest BCUT2D eigenvalue weighted by Crippen LogP contribution is 2.14. The summed E-state index contributed by atoms with van der Waals surface area (Å²) in [7, 11) is 1.79. The summed E-state index contributed by atoms with van der Waals surface area (Å²) in [5.41, 5.74) is 2.87. The molecule has 0 atom stereocenters. The Labute approximate surface area is 196 Å². The number of benzene rings is 2. The van der Waals surface area contributed by atoms with E-state index in [4.69, 9.17) is 4.74 Å². The zero-order valence-electron chi connectivity index (χ0n) is 19.0. The third kappa shape index (κ3) is 8.77. The van der Waals surface area contributed by atoms with E-state index in [0.717, 1.165) is 44.1 Å². The van der Waals surface area contributed by atoms with E-state index in [-0.39, 0.29) is 18.0 Å². The highest BCUT2D eigenvalue weighted by Gasteiger charge is 2.27. The van der Waals surface area contributed by atoms with Gasteiger partial charge in [-0.3, -0.25) is 19.4 Å². The smallest absolute Gasteiger partial charge is 0.379 e. The molecule has 1 saturated heterocycles. The van der Waals surface area contributed by atoms with Crippen molar-refractivity contribution in [2.24, 2.45) is 0 Å². The molecule has 7 nitrogen and oxygen atoms in total. The minimum Gasteiger partial charge on any atom is -0.379 e. The number of likely N-dealkylation sites (N-methyl/N-ethyl adjacent to an activating group) is 1. The molecule has 2 aromatic carbocycles. The average Bonchev–Trinajstić information content (AvgIpc) is 2.79. The van der Waals surface area contributed by atoms with E-state index in [2.05, 4.69) is 10.2 Å². The van der Waals surface area contributed by atoms with E-state index in [1.165, 1.54) is 17.7 Å². The van der Waals surface area contributed by atoms with Crippen LogP contribution in [-0.2, 0) is 22.6 Å². The Morgan fingerprint density at radius 1 is 1.00 bits per heavy atom. The van der Waals surface area contributed by atoms with Crippen molar-refractivity contribution < 1.29 is 27.5 Å². The van der Waals surface area contributed by atoms with Crippen molar-refractivity contribution in [3.63, 3.8) is 0 Å². The van der Waals surface area contributed by atoms with E-state index in [1.807, 2.05) is 29.6 Å². The lowest BCUT2D eigenvalue weighted by molar-refractivity contribution is -0.123. The number of amides is 2. The SMILES string of the molecule is CN(CC(=O)Nc1ccc(CN2CCOCC2)cc1)Cc1ccc(C(=O)NCC(F)(F)F)cc1. The summed E-state index contributed by atoms with van der Waals surface area (Å²) in [4.78, 5) is 28.3. The fourth-order valence-corrected chi connectivity index (χ4v) is 3.57. The first-order valence-corrected chi connectivity index (χ1v) is 11.0. The molecule has 2 N–H and O–H groups in total. The van der Waals surface area contributed by atoms with E-state index in [1.54, 1.807) is 24.1 Å². The molecule has 1 aliphatic rings. The first-order valence-electron chi connectivity index (χ1n) is 11.0. The number of hydrogen-bond acceptors (Lipinski definition) is 5. The van der Waals surface area contributed by atoms with Gasteiger partial charge in [0.15, 0.2) is 0 Å². The number of nitrogens with one attached hydrogen (secondary N) is 2. The summed E-state index contributed by atoms with van der Waals surface area (Å²) >= 11 is 0. The molecular formula is C24H29F3N4O3. The van der Waals surface area contributed by atoms with Gasteiger partial charge in [0.1, 0.15) is 6.54 Å². The molecule has 0 unspecified atom stereocenters. The van der Waals surface area contributed by atoms with Crippen molar-refractivity contribution in [1.29, 1.82) is 0 Å². The molecule has 1 fully saturated rings. The second-order valence-corrected chi connectivity index (χ2v) is 8.30. The highest BCUT2D eigenvalue weighted by atomic mass is 19.4. The first kappa shape index (κ1) is 25.7. The van der Waals surface area contributed by atoms with Gasteiger partial charge >= 0.3 is 6.18 Å². The van der Waals surface area contributed by atoms with Gasteiger partial charge in [-0.15, -0.1) is 0 Å². The van der Waals surface area contributed by atoms with Crippen molar-refractivity contribution >= 4 is 17.5 Å². The van der Waals surface area contributed by atoms with Gasteiger partial charge in [0, 0.05) is 37.4 Å². The number of alkyl halides is 3. The number of rotatable bonds is 9. The van der Waals surface area contributed by atoms with Crippen LogP contribution in [0.2, 0.25) is 0 Å². The summed E-state index contributed by atoms with van der Waals surface area (Å²) in [6.07, 6.45) is -4.45. The summed E-state index contributed by atoms with van der Waals surface area (Å²) in [5, 5.41) is 4.72. The quantitative estimate of drug-likeness (QED) is 0.580. The van der Waals surface area contributed by atoms with Crippen LogP contribution in [-0.4, -0.2) is 74.2 Å². The molecule has 0 bridgehead atoms. The van der Waals surface area contributed by atoms with Gasteiger partial charge in [-0.1, -0.05) is 24.3 Å². The second kappa shape index (κ2) is 12.0. The van der Waals surface area contributed by atoms with Crippen molar-refractivity contribution in [1.82, 2.24) is 15.1 Å². The predicted octanol–water partition coefficient (Wildman–Crippen LogP) is 2.88. The number of halogens is 3. The molecule has 0 radical (unpaired) electrons. The number of morpholine rings is 1. The van der Waals surface area contributed by atoms with Gasteiger partial charge in [0.05, 0.1) is 19.8 Å². The summed E-state index contributed by atoms with van der Waals surface area (Å²) in [6.45, 7) is 3.41. The second-order valence-electron chi connectivity index (χ2n) is 8.30. The molecule has 0 aromatic heterocycles. The maximum absolute atomic E-state index is 12.4. The number of hydrogen-bond donors (Lipinski definition) is 2. The summed E-state index contributed by atoms with van der Waals surface area (Å²) in [5.74, 6) is -0.945. The van der Waals surface area contributed by atoms with Gasteiger partial charge in [0.25, 0.3) is 5.91 Å². The molecule has 184 valence electrons. The third-order valence-corrected chi connectivity index (χ3v) is 5.28. The monoisotopic (exact) mass is 478 g/mol. The zero-order valence-corrected chi connectivity index (χ0v) is 19.0. The minimum atomic E-state index is -4.45. The van der Waals surface area contributed by atoms with E-state index >= 15 is 0 Å². The van der Waals surface area contributed by atoms with Crippen LogP contribution in [0.15, 0.2) is 48.5 Å². The minimum absolute atomic E-state index is 0.144. The number of anilines is 1. The van der Waals surface area contributed by atoms with Crippen LogP contribution in [0.4, 0.5) is 18.9 Å². The molecule has 1 heterocycles.